The number of hydrogen-bond acceptors (Lipinski definition) is 2. The van der Waals surface area contributed by atoms with Gasteiger partial charge in [0.2, 0.25) is 0 Å². The van der Waals surface area contributed by atoms with E-state index in [4.69, 9.17) is 0 Å². The summed E-state index contributed by atoms with van der Waals surface area (Å²) in [6, 6.07) is 6.24. The second-order valence-corrected chi connectivity index (χ2v) is 6.11. The summed E-state index contributed by atoms with van der Waals surface area (Å²) >= 11 is 3.49. The Hall–Kier alpha value is -0.870. The van der Waals surface area contributed by atoms with Crippen molar-refractivity contribution in [3.8, 4) is 0 Å². The van der Waals surface area contributed by atoms with Crippen LogP contribution in [0.4, 0.5) is 0 Å². The van der Waals surface area contributed by atoms with Crippen molar-refractivity contribution in [1.29, 1.82) is 0 Å². The lowest BCUT2D eigenvalue weighted by molar-refractivity contribution is -0.139. The number of rotatable bonds is 5. The molecule has 0 amide bonds. The second kappa shape index (κ2) is 6.53. The van der Waals surface area contributed by atoms with Crippen LogP contribution in [-0.4, -0.2) is 23.2 Å². The van der Waals surface area contributed by atoms with Crippen molar-refractivity contribution in [2.75, 3.05) is 0 Å². The van der Waals surface area contributed by atoms with Gasteiger partial charge in [-0.1, -0.05) is 35.3 Å². The summed E-state index contributed by atoms with van der Waals surface area (Å²) in [6.07, 6.45) is 4.54. The van der Waals surface area contributed by atoms with E-state index in [0.29, 0.717) is 6.42 Å². The number of aryl methyl sites for hydroxylation is 1. The van der Waals surface area contributed by atoms with Crippen molar-refractivity contribution < 1.29 is 9.90 Å². The molecule has 1 aromatic rings. The van der Waals surface area contributed by atoms with Crippen LogP contribution < -0.4 is 5.32 Å². The molecule has 0 bridgehead atoms. The van der Waals surface area contributed by atoms with Gasteiger partial charge in [-0.25, -0.2) is 0 Å². The van der Waals surface area contributed by atoms with Gasteiger partial charge in [0.05, 0.1) is 0 Å². The Morgan fingerprint density at radius 1 is 1.53 bits per heavy atom. The molecule has 1 aliphatic carbocycles. The first kappa shape index (κ1) is 14.5. The smallest absolute Gasteiger partial charge is 0.320 e. The van der Waals surface area contributed by atoms with Gasteiger partial charge in [0.25, 0.3) is 0 Å². The molecule has 2 atom stereocenters. The van der Waals surface area contributed by atoms with E-state index in [9.17, 15) is 9.90 Å². The fourth-order valence-electron chi connectivity index (χ4n) is 2.72. The van der Waals surface area contributed by atoms with Crippen LogP contribution >= 0.6 is 15.9 Å². The maximum absolute atomic E-state index is 11.2. The molecule has 0 aliphatic heterocycles. The van der Waals surface area contributed by atoms with Crippen LogP contribution in [0, 0.1) is 0 Å². The fourth-order valence-corrected chi connectivity index (χ4v) is 3.13. The van der Waals surface area contributed by atoms with Crippen LogP contribution in [0.15, 0.2) is 22.7 Å². The molecule has 19 heavy (non-hydrogen) atoms. The zero-order valence-corrected chi connectivity index (χ0v) is 12.7. The first-order valence-corrected chi connectivity index (χ1v) is 7.65. The van der Waals surface area contributed by atoms with E-state index in [1.54, 1.807) is 0 Å². The Labute approximate surface area is 122 Å². The van der Waals surface area contributed by atoms with Gasteiger partial charge in [-0.05, 0) is 48.9 Å². The summed E-state index contributed by atoms with van der Waals surface area (Å²) in [4.78, 5) is 11.2. The Balaban J connectivity index is 2.01. The first-order chi connectivity index (χ1) is 9.10. The van der Waals surface area contributed by atoms with Crippen LogP contribution in [0.3, 0.4) is 0 Å². The lowest BCUT2D eigenvalue weighted by atomic mass is 9.88. The monoisotopic (exact) mass is 325 g/mol. The molecule has 0 saturated carbocycles. The third-order valence-electron chi connectivity index (χ3n) is 3.71. The Morgan fingerprint density at radius 2 is 2.32 bits per heavy atom. The summed E-state index contributed by atoms with van der Waals surface area (Å²) in [5.74, 6) is -0.733. The highest BCUT2D eigenvalue weighted by atomic mass is 79.9. The highest BCUT2D eigenvalue weighted by molar-refractivity contribution is 9.10. The van der Waals surface area contributed by atoms with Crippen molar-refractivity contribution in [3.63, 3.8) is 0 Å². The number of carbonyl (C=O) groups is 1. The maximum Gasteiger partial charge on any atom is 0.320 e. The van der Waals surface area contributed by atoms with Gasteiger partial charge in [-0.3, -0.25) is 4.79 Å². The predicted octanol–water partition coefficient (Wildman–Crippen LogP) is 3.15. The molecule has 0 heterocycles. The molecule has 2 unspecified atom stereocenters. The molecule has 0 aromatic heterocycles. The molecule has 0 radical (unpaired) electrons. The number of halogens is 1. The van der Waals surface area contributed by atoms with Gasteiger partial charge in [-0.2, -0.15) is 0 Å². The van der Waals surface area contributed by atoms with Gasteiger partial charge in [-0.15, -0.1) is 0 Å². The molecule has 0 saturated heterocycles. The molecule has 0 fully saturated rings. The summed E-state index contributed by atoms with van der Waals surface area (Å²) < 4.78 is 1.12. The van der Waals surface area contributed by atoms with Gasteiger partial charge < -0.3 is 10.4 Å². The van der Waals surface area contributed by atoms with Gasteiger partial charge in [0.15, 0.2) is 0 Å². The topological polar surface area (TPSA) is 49.3 Å². The molecule has 2 rings (SSSR count). The third kappa shape index (κ3) is 3.80. The van der Waals surface area contributed by atoms with Crippen LogP contribution in [0.25, 0.3) is 0 Å². The minimum absolute atomic E-state index is 0.279. The fraction of sp³-hybridized carbons (Fsp3) is 0.533. The number of aliphatic carboxylic acids is 1. The van der Waals surface area contributed by atoms with Crippen LogP contribution in [-0.2, 0) is 17.6 Å². The van der Waals surface area contributed by atoms with E-state index in [-0.39, 0.29) is 6.04 Å². The van der Waals surface area contributed by atoms with Crippen molar-refractivity contribution in [2.45, 2.75) is 51.1 Å². The van der Waals surface area contributed by atoms with E-state index < -0.39 is 12.0 Å². The number of fused-ring (bicyclic) bond motifs is 1. The van der Waals surface area contributed by atoms with Crippen LogP contribution in [0.5, 0.6) is 0 Å². The van der Waals surface area contributed by atoms with E-state index >= 15 is 0 Å². The van der Waals surface area contributed by atoms with E-state index in [0.717, 1.165) is 30.2 Å². The zero-order valence-electron chi connectivity index (χ0n) is 11.2. The highest BCUT2D eigenvalue weighted by Gasteiger charge is 2.24. The lowest BCUT2D eigenvalue weighted by Gasteiger charge is -2.28. The third-order valence-corrected chi connectivity index (χ3v) is 4.20. The van der Waals surface area contributed by atoms with E-state index in [2.05, 4.69) is 39.4 Å². The molecule has 0 spiro atoms. The molecular weight excluding hydrogens is 306 g/mol. The SMILES string of the molecule is CCCC(NC1CCc2cc(Br)ccc2C1)C(=O)O. The molecule has 3 nitrogen and oxygen atoms in total. The van der Waals surface area contributed by atoms with E-state index in [1.807, 2.05) is 6.92 Å². The number of carboxylic acid groups (broad SMARTS) is 1. The molecule has 2 N–H and O–H groups in total. The number of benzene rings is 1. The Morgan fingerprint density at radius 3 is 3.00 bits per heavy atom. The summed E-state index contributed by atoms with van der Waals surface area (Å²) in [6.45, 7) is 2.02. The summed E-state index contributed by atoms with van der Waals surface area (Å²) in [5, 5.41) is 12.5. The summed E-state index contributed by atoms with van der Waals surface area (Å²) in [5.41, 5.74) is 2.72. The average Bonchev–Trinajstić information content (AvgIpc) is 2.38. The molecule has 104 valence electrons. The standard InChI is InChI=1S/C15H20BrNO2/c1-2-3-14(15(18)19)17-13-7-5-10-8-12(16)6-4-11(10)9-13/h4,6,8,13-14,17H,2-3,5,7,9H2,1H3,(H,18,19). The minimum Gasteiger partial charge on any atom is -0.480 e. The number of hydrogen-bond donors (Lipinski definition) is 2. The van der Waals surface area contributed by atoms with Crippen molar-refractivity contribution >= 4 is 21.9 Å². The first-order valence-electron chi connectivity index (χ1n) is 6.86. The largest absolute Gasteiger partial charge is 0.480 e. The van der Waals surface area contributed by atoms with Crippen molar-refractivity contribution in [3.05, 3.63) is 33.8 Å². The maximum atomic E-state index is 11.2. The van der Waals surface area contributed by atoms with Crippen molar-refractivity contribution in [2.24, 2.45) is 0 Å². The van der Waals surface area contributed by atoms with Crippen LogP contribution in [0.1, 0.15) is 37.3 Å². The van der Waals surface area contributed by atoms with Crippen molar-refractivity contribution in [1.82, 2.24) is 5.32 Å². The zero-order chi connectivity index (χ0) is 13.8. The highest BCUT2D eigenvalue weighted by Crippen LogP contribution is 2.25. The Bertz CT molecular complexity index is 461. The van der Waals surface area contributed by atoms with E-state index in [1.165, 1.54) is 11.1 Å². The van der Waals surface area contributed by atoms with Gasteiger partial charge in [0.1, 0.15) is 6.04 Å². The molecular formula is C15H20BrNO2. The summed E-state index contributed by atoms with van der Waals surface area (Å²) in [7, 11) is 0. The molecule has 4 heteroatoms. The molecule has 1 aromatic carbocycles. The quantitative estimate of drug-likeness (QED) is 0.874. The normalized spacial score (nSPS) is 19.8. The number of nitrogens with one attached hydrogen (secondary N) is 1. The minimum atomic E-state index is -0.733. The van der Waals surface area contributed by atoms with Gasteiger partial charge in [0, 0.05) is 10.5 Å². The number of carboxylic acids is 1. The molecule has 1 aliphatic rings. The van der Waals surface area contributed by atoms with Gasteiger partial charge >= 0.3 is 5.97 Å². The predicted molar refractivity (Wildman–Crippen MR) is 79.4 cm³/mol. The Kier molecular flexibility index (Phi) is 4.99. The second-order valence-electron chi connectivity index (χ2n) is 5.20. The van der Waals surface area contributed by atoms with Crippen LogP contribution in [0.2, 0.25) is 0 Å². The lowest BCUT2D eigenvalue weighted by Crippen LogP contribution is -2.45. The average molecular weight is 326 g/mol.